The number of morpholine rings is 4. The SMILES string of the molecule is C1COCCN1.Nc1ccc(N2CCOCC2)cn1.O=C1NCC2(CCCC2)N2c3nc(CS(=O)[O-])ncc3C=CC12.O=C1NCC2(CCCC2)N2c3nc(Nc4ccc(N5CCOCC5)cn4)ncc3C=CC12.O=[N+]([O-])c1ccc(Cl)cn1.O=[N+]([O-])c1ccc(N2CCOCC2)cn1. The normalized spacial score (nSPS) is 20.8. The zero-order valence-electron chi connectivity index (χ0n) is 54.6. The number of nitrogen functional groups attached to an aromatic ring is 1. The zero-order valence-corrected chi connectivity index (χ0v) is 56.2. The average molecular weight is 1400 g/mol. The van der Waals surface area contributed by atoms with E-state index in [9.17, 15) is 38.6 Å². The predicted octanol–water partition coefficient (Wildman–Crippen LogP) is 5.17. The van der Waals surface area contributed by atoms with Gasteiger partial charge >= 0.3 is 11.6 Å². The van der Waals surface area contributed by atoms with Crippen LogP contribution < -0.4 is 51.5 Å². The van der Waals surface area contributed by atoms with Crippen molar-refractivity contribution >= 4 is 105 Å². The Balaban J connectivity index is 0.000000129. The molecular formula is C65H80ClN20O12S-. The van der Waals surface area contributed by atoms with Crippen LogP contribution in [0.5, 0.6) is 0 Å². The molecule has 6 aromatic rings. The number of aromatic nitrogens is 8. The molecule has 8 aliphatic heterocycles. The fourth-order valence-corrected chi connectivity index (χ4v) is 13.7. The molecule has 6 aromatic heterocycles. The van der Waals surface area contributed by atoms with Gasteiger partial charge in [0.1, 0.15) is 41.2 Å². The van der Waals surface area contributed by atoms with Gasteiger partial charge in [-0.2, -0.15) is 4.98 Å². The molecule has 2 spiro atoms. The number of nitrogens with two attached hydrogens (primary N) is 1. The van der Waals surface area contributed by atoms with E-state index in [1.807, 2.05) is 54.9 Å². The quantitative estimate of drug-likeness (QED) is 0.0707. The Morgan fingerprint density at radius 2 is 1.03 bits per heavy atom. The number of anilines is 8. The molecule has 10 aliphatic rings. The highest BCUT2D eigenvalue weighted by atomic mass is 35.5. The van der Waals surface area contributed by atoms with Crippen LogP contribution in [0.4, 0.5) is 57.9 Å². The van der Waals surface area contributed by atoms with Gasteiger partial charge in [-0.1, -0.05) is 61.6 Å². The number of piperazine rings is 2. The van der Waals surface area contributed by atoms with Crippen molar-refractivity contribution in [2.75, 3.05) is 154 Å². The van der Waals surface area contributed by atoms with Crippen LogP contribution in [-0.4, -0.2) is 212 Å². The first kappa shape index (κ1) is 71.1. The Morgan fingerprint density at radius 1 is 0.576 bits per heavy atom. The highest BCUT2D eigenvalue weighted by molar-refractivity contribution is 7.78. The highest BCUT2D eigenvalue weighted by Gasteiger charge is 2.51. The summed E-state index contributed by atoms with van der Waals surface area (Å²) in [7, 11) is 0. The second-order valence-corrected chi connectivity index (χ2v) is 25.8. The van der Waals surface area contributed by atoms with E-state index in [1.165, 1.54) is 43.4 Å². The molecule has 6 saturated heterocycles. The number of ether oxygens (including phenoxy) is 4. The number of amides is 2. The first-order valence-corrected chi connectivity index (χ1v) is 34.6. The fourth-order valence-electron chi connectivity index (χ4n) is 13.2. The van der Waals surface area contributed by atoms with Crippen LogP contribution in [0.25, 0.3) is 12.2 Å². The van der Waals surface area contributed by atoms with Gasteiger partial charge in [0.15, 0.2) is 12.4 Å². The number of halogens is 1. The number of hydrogen-bond donors (Lipinski definition) is 5. The number of nitrogens with one attached hydrogen (secondary N) is 4. The van der Waals surface area contributed by atoms with Crippen molar-refractivity contribution in [2.24, 2.45) is 0 Å². The number of carbonyl (C=O) groups excluding carboxylic acids is 2. The average Bonchev–Trinajstić information content (AvgIpc) is 1.73. The molecule has 34 heteroatoms. The molecule has 0 bridgehead atoms. The van der Waals surface area contributed by atoms with Crippen LogP contribution in [0.1, 0.15) is 68.3 Å². The number of carbonyl (C=O) groups is 2. The van der Waals surface area contributed by atoms with Crippen molar-refractivity contribution in [1.29, 1.82) is 0 Å². The summed E-state index contributed by atoms with van der Waals surface area (Å²) >= 11 is 3.20. The molecule has 16 rings (SSSR count). The van der Waals surface area contributed by atoms with Gasteiger partial charge in [0.05, 0.1) is 104 Å². The van der Waals surface area contributed by atoms with Gasteiger partial charge in [0, 0.05) is 101 Å². The van der Waals surface area contributed by atoms with Gasteiger partial charge in [-0.05, 0) is 93.0 Å². The molecule has 14 heterocycles. The van der Waals surface area contributed by atoms with Crippen LogP contribution in [0.3, 0.4) is 0 Å². The molecule has 6 N–H and O–H groups in total. The lowest BCUT2D eigenvalue weighted by Gasteiger charge is -2.50. The Bertz CT molecular complexity index is 3770. The number of nitrogens with zero attached hydrogens (tertiary/aromatic N) is 15. The van der Waals surface area contributed by atoms with Gasteiger partial charge in [-0.25, -0.2) is 24.9 Å². The van der Waals surface area contributed by atoms with Crippen molar-refractivity contribution < 1.29 is 47.1 Å². The van der Waals surface area contributed by atoms with Gasteiger partial charge in [-0.3, -0.25) is 13.8 Å². The molecule has 526 valence electrons. The third-order valence-corrected chi connectivity index (χ3v) is 18.9. The van der Waals surface area contributed by atoms with Crippen molar-refractivity contribution in [2.45, 2.75) is 80.3 Å². The number of pyridine rings is 4. The summed E-state index contributed by atoms with van der Waals surface area (Å²) in [5, 5.41) is 33.3. The van der Waals surface area contributed by atoms with E-state index >= 15 is 0 Å². The molecule has 3 unspecified atom stereocenters. The van der Waals surface area contributed by atoms with E-state index in [4.69, 9.17) is 41.3 Å². The minimum Gasteiger partial charge on any atom is -0.772 e. The maximum Gasteiger partial charge on any atom is 0.363 e. The second kappa shape index (κ2) is 34.0. The Kier molecular flexibility index (Phi) is 24.4. The molecule has 2 aliphatic carbocycles. The summed E-state index contributed by atoms with van der Waals surface area (Å²) in [6, 6.07) is 12.9. The first-order chi connectivity index (χ1) is 48.1. The lowest BCUT2D eigenvalue weighted by atomic mass is 9.87. The maximum absolute atomic E-state index is 12.6. The summed E-state index contributed by atoms with van der Waals surface area (Å²) in [5.41, 5.74) is 10.2. The van der Waals surface area contributed by atoms with Crippen LogP contribution in [-0.2, 0) is 45.4 Å². The molecule has 2 amide bonds. The zero-order chi connectivity index (χ0) is 69.1. The van der Waals surface area contributed by atoms with Crippen LogP contribution in [0.2, 0.25) is 5.02 Å². The standard InChI is InChI=1S/C23H27N7O2.C15H18N4O3S.C9H11N3O3.C9H13N3O.C5H3ClN2O2.C4H9NO/c31-21-18-5-3-16-13-25-22(28-20(16)30(18)23(15-26-21)7-1-2-8-23)27-19-6-4-17(14-24-19)29-9-11-32-12-10-29;20-14-11-4-3-10-7-16-12(8-23(21)22)18-13(10)19(11)15(9-17-14)5-1-2-6-15;13-12(14)9-2-1-8(7-10-9)11-3-5-15-6-4-11;10-9-2-1-8(7-11-9)12-3-5-13-6-4-12;6-4-1-2-5(7-3-4)8(9)10;1-3-6-4-2-5-1/h3-6,13-14,18H,1-2,7-12,15H2,(H,26,31)(H,24,25,27,28);3-4,7,11H,1-2,5-6,8-9H2,(H,17,20)(H,21,22);1-2,7H,3-6H2;1-2,7H,3-6H2,(H2,10,11);1-3H;5H,1-4H2/p-1. The van der Waals surface area contributed by atoms with E-state index < -0.39 is 20.9 Å². The first-order valence-electron chi connectivity index (χ1n) is 33.0. The molecule has 8 fully saturated rings. The lowest BCUT2D eigenvalue weighted by molar-refractivity contribution is -0.389. The van der Waals surface area contributed by atoms with E-state index in [0.29, 0.717) is 54.7 Å². The molecule has 3 atom stereocenters. The monoisotopic (exact) mass is 1400 g/mol. The number of fused-ring (bicyclic) bond motifs is 8. The molecule has 32 nitrogen and oxygen atoms in total. The van der Waals surface area contributed by atoms with Crippen molar-refractivity contribution in [1.82, 2.24) is 55.8 Å². The fraction of sp³-hybridized carbons (Fsp3) is 0.477. The van der Waals surface area contributed by atoms with Crippen molar-refractivity contribution in [3.8, 4) is 0 Å². The van der Waals surface area contributed by atoms with Gasteiger partial charge in [0.25, 0.3) is 0 Å². The second-order valence-electron chi connectivity index (χ2n) is 24.5. The Morgan fingerprint density at radius 3 is 1.44 bits per heavy atom. The van der Waals surface area contributed by atoms with Crippen molar-refractivity contribution in [3.05, 3.63) is 140 Å². The molecular weight excluding hydrogens is 1320 g/mol. The van der Waals surface area contributed by atoms with Crippen LogP contribution in [0, 0.1) is 20.2 Å². The number of hydrogen-bond acceptors (Lipinski definition) is 28. The van der Waals surface area contributed by atoms with Gasteiger partial charge in [0.2, 0.25) is 17.8 Å². The highest BCUT2D eigenvalue weighted by Crippen LogP contribution is 2.45. The smallest absolute Gasteiger partial charge is 0.363 e. The molecule has 0 aromatic carbocycles. The van der Waals surface area contributed by atoms with Crippen LogP contribution >= 0.6 is 11.6 Å². The molecule has 99 heavy (non-hydrogen) atoms. The number of rotatable bonds is 9. The predicted molar refractivity (Wildman–Crippen MR) is 371 cm³/mol. The third kappa shape index (κ3) is 18.4. The summed E-state index contributed by atoms with van der Waals surface area (Å²) in [5.74, 6) is 3.02. The molecule has 2 saturated carbocycles. The van der Waals surface area contributed by atoms with E-state index in [2.05, 4.69) is 86.7 Å². The van der Waals surface area contributed by atoms with E-state index in [-0.39, 0.29) is 58.2 Å². The van der Waals surface area contributed by atoms with Gasteiger partial charge < -0.3 is 95.2 Å². The minimum absolute atomic E-state index is 0.0306. The van der Waals surface area contributed by atoms with Crippen LogP contribution in [0.15, 0.2) is 97.9 Å². The van der Waals surface area contributed by atoms with E-state index in [1.54, 1.807) is 18.5 Å². The Labute approximate surface area is 579 Å². The van der Waals surface area contributed by atoms with Gasteiger partial charge in [-0.15, -0.1) is 0 Å². The largest absolute Gasteiger partial charge is 0.772 e. The number of nitro groups is 2. The van der Waals surface area contributed by atoms with Crippen molar-refractivity contribution in [3.63, 3.8) is 0 Å². The van der Waals surface area contributed by atoms with E-state index in [0.717, 1.165) is 165 Å². The minimum atomic E-state index is -2.24. The lowest BCUT2D eigenvalue weighted by Crippen LogP contribution is -2.67. The summed E-state index contributed by atoms with van der Waals surface area (Å²) < 4.78 is 42.8. The maximum atomic E-state index is 12.6. The summed E-state index contributed by atoms with van der Waals surface area (Å²) in [4.78, 5) is 89.0. The summed E-state index contributed by atoms with van der Waals surface area (Å²) in [6.07, 6.45) is 26.3. The topological polar surface area (TPSA) is 391 Å². The Hall–Kier alpha value is -9.22. The third-order valence-electron chi connectivity index (χ3n) is 18.2. The summed E-state index contributed by atoms with van der Waals surface area (Å²) in [6.45, 7) is 14.8. The molecule has 0 radical (unpaired) electrons.